The van der Waals surface area contributed by atoms with Gasteiger partial charge in [-0.1, -0.05) is 48.8 Å². The molecule has 37 heavy (non-hydrogen) atoms. The first kappa shape index (κ1) is 26.8. The predicted octanol–water partition coefficient (Wildman–Crippen LogP) is 6.89. The Morgan fingerprint density at radius 3 is 2.46 bits per heavy atom. The Labute approximate surface area is 217 Å². The summed E-state index contributed by atoms with van der Waals surface area (Å²) < 4.78 is 40.1. The van der Waals surface area contributed by atoms with E-state index in [-0.39, 0.29) is 30.2 Å². The lowest BCUT2D eigenvalue weighted by Gasteiger charge is -2.27. The highest BCUT2D eigenvalue weighted by atomic mass is 35.5. The third-order valence-corrected chi connectivity index (χ3v) is 6.69. The maximum absolute atomic E-state index is 14.8. The number of halogens is 3. The molecule has 0 saturated heterocycles. The molecule has 4 rings (SSSR count). The molecule has 8 nitrogen and oxygen atoms in total. The van der Waals surface area contributed by atoms with Crippen molar-refractivity contribution in [1.82, 2.24) is 10.3 Å². The number of nitrogens with zero attached hydrogens (tertiary/aromatic N) is 2. The largest absolute Gasteiger partial charge is 0.481 e. The van der Waals surface area contributed by atoms with Crippen molar-refractivity contribution in [3.63, 3.8) is 0 Å². The van der Waals surface area contributed by atoms with E-state index < -0.39 is 34.9 Å². The number of aryl methyl sites for hydroxylation is 1. The van der Waals surface area contributed by atoms with Crippen LogP contribution in [-0.4, -0.2) is 27.3 Å². The van der Waals surface area contributed by atoms with E-state index in [1.165, 1.54) is 20.8 Å². The first-order chi connectivity index (χ1) is 17.3. The summed E-state index contributed by atoms with van der Waals surface area (Å²) in [6, 6.07) is 6.29. The van der Waals surface area contributed by atoms with Crippen molar-refractivity contribution in [2.75, 3.05) is 5.32 Å². The Hall–Kier alpha value is -3.27. The molecule has 1 atom stereocenters. The molecule has 0 unspecified atom stereocenters. The highest BCUT2D eigenvalue weighted by Crippen LogP contribution is 2.50. The van der Waals surface area contributed by atoms with Crippen LogP contribution in [0.4, 0.5) is 14.5 Å². The molecule has 1 aliphatic rings. The molecule has 2 aromatic heterocycles. The SMILES string of the molecule is Cc1ccc(NC(=O)C[C@H](CC(=O)O)c2noc(-c3cc(C(F)(F)C(C)(C)C)on3)c2C2CC2)c(Cl)c1. The van der Waals surface area contributed by atoms with Crippen molar-refractivity contribution >= 4 is 29.2 Å². The van der Waals surface area contributed by atoms with Crippen molar-refractivity contribution in [2.24, 2.45) is 5.41 Å². The lowest BCUT2D eigenvalue weighted by Crippen LogP contribution is -2.30. The monoisotopic (exact) mass is 535 g/mol. The van der Waals surface area contributed by atoms with E-state index in [0.29, 0.717) is 22.0 Å². The Morgan fingerprint density at radius 2 is 1.86 bits per heavy atom. The molecule has 1 saturated carbocycles. The number of aliphatic carboxylic acids is 1. The highest BCUT2D eigenvalue weighted by Gasteiger charge is 2.49. The second-order valence-electron chi connectivity index (χ2n) is 10.5. The molecule has 198 valence electrons. The zero-order valence-electron chi connectivity index (χ0n) is 20.9. The number of benzene rings is 1. The number of carbonyl (C=O) groups is 2. The summed E-state index contributed by atoms with van der Waals surface area (Å²) in [4.78, 5) is 24.5. The number of anilines is 1. The molecule has 3 aromatic rings. The van der Waals surface area contributed by atoms with Crippen LogP contribution in [0.25, 0.3) is 11.5 Å². The van der Waals surface area contributed by atoms with Crippen LogP contribution in [-0.2, 0) is 15.5 Å². The van der Waals surface area contributed by atoms with Gasteiger partial charge < -0.3 is 19.5 Å². The molecule has 0 aliphatic heterocycles. The average Bonchev–Trinajstić information content (AvgIpc) is 3.32. The summed E-state index contributed by atoms with van der Waals surface area (Å²) >= 11 is 6.21. The van der Waals surface area contributed by atoms with E-state index in [1.807, 2.05) is 6.92 Å². The maximum Gasteiger partial charge on any atom is 0.312 e. The second-order valence-corrected chi connectivity index (χ2v) is 10.9. The third-order valence-electron chi connectivity index (χ3n) is 6.37. The number of aromatic nitrogens is 2. The van der Waals surface area contributed by atoms with Crippen molar-refractivity contribution in [3.05, 3.63) is 51.9 Å². The van der Waals surface area contributed by atoms with E-state index in [0.717, 1.165) is 24.5 Å². The minimum Gasteiger partial charge on any atom is -0.481 e. The number of carboxylic acids is 1. The second kappa shape index (κ2) is 9.89. The van der Waals surface area contributed by atoms with Gasteiger partial charge in [0, 0.05) is 29.4 Å². The summed E-state index contributed by atoms with van der Waals surface area (Å²) in [7, 11) is 0. The molecular weight excluding hydrogens is 508 g/mol. The normalized spacial score (nSPS) is 15.0. The lowest BCUT2D eigenvalue weighted by atomic mass is 9.86. The number of hydrogen-bond acceptors (Lipinski definition) is 6. The number of hydrogen-bond donors (Lipinski definition) is 2. The van der Waals surface area contributed by atoms with Crippen LogP contribution < -0.4 is 5.32 Å². The minimum atomic E-state index is -3.29. The van der Waals surface area contributed by atoms with Crippen LogP contribution in [0.15, 0.2) is 33.3 Å². The number of alkyl halides is 2. The highest BCUT2D eigenvalue weighted by molar-refractivity contribution is 6.33. The standard InChI is InChI=1S/C26H28ClF2N3O5/c1-13-5-8-17(16(27)9-13)30-20(33)10-15(11-21(34)35)23-22(14-6-7-14)24(37-32-23)18-12-19(36-31-18)26(28,29)25(2,3)4/h5,8-9,12,14-15H,6-7,10-11H2,1-4H3,(H,30,33)(H,34,35)/t15-/m1/s1. The molecule has 11 heteroatoms. The minimum absolute atomic E-state index is 0.00887. The van der Waals surface area contributed by atoms with E-state index in [2.05, 4.69) is 15.6 Å². The van der Waals surface area contributed by atoms with Gasteiger partial charge in [0.2, 0.25) is 11.7 Å². The van der Waals surface area contributed by atoms with Crippen LogP contribution in [0.1, 0.15) is 80.9 Å². The van der Waals surface area contributed by atoms with Crippen LogP contribution in [0.2, 0.25) is 5.02 Å². The van der Waals surface area contributed by atoms with Crippen molar-refractivity contribution < 1.29 is 32.5 Å². The van der Waals surface area contributed by atoms with Gasteiger partial charge in [-0.05, 0) is 43.4 Å². The molecule has 0 radical (unpaired) electrons. The van der Waals surface area contributed by atoms with Gasteiger partial charge in [0.25, 0.3) is 0 Å². The first-order valence-corrected chi connectivity index (χ1v) is 12.3. The quantitative estimate of drug-likeness (QED) is 0.306. The summed E-state index contributed by atoms with van der Waals surface area (Å²) in [5.74, 6) is -6.15. The van der Waals surface area contributed by atoms with Crippen molar-refractivity contribution in [1.29, 1.82) is 0 Å². The number of amides is 1. The van der Waals surface area contributed by atoms with Crippen molar-refractivity contribution in [3.8, 4) is 11.5 Å². The van der Waals surface area contributed by atoms with Gasteiger partial charge in [-0.3, -0.25) is 9.59 Å². The zero-order chi connectivity index (χ0) is 27.1. The number of carboxylic acid groups (broad SMARTS) is 1. The van der Waals surface area contributed by atoms with Gasteiger partial charge >= 0.3 is 11.9 Å². The van der Waals surface area contributed by atoms with Crippen LogP contribution in [0, 0.1) is 12.3 Å². The average molecular weight is 536 g/mol. The van der Waals surface area contributed by atoms with E-state index in [9.17, 15) is 23.5 Å². The molecule has 0 bridgehead atoms. The fourth-order valence-electron chi connectivity index (χ4n) is 4.08. The van der Waals surface area contributed by atoms with E-state index in [1.54, 1.807) is 18.2 Å². The summed E-state index contributed by atoms with van der Waals surface area (Å²) in [6.07, 6.45) is 0.991. The summed E-state index contributed by atoms with van der Waals surface area (Å²) in [5.41, 5.74) is 0.848. The van der Waals surface area contributed by atoms with Gasteiger partial charge in [0.05, 0.1) is 22.8 Å². The van der Waals surface area contributed by atoms with E-state index in [4.69, 9.17) is 20.6 Å². The fourth-order valence-corrected chi connectivity index (χ4v) is 4.36. The van der Waals surface area contributed by atoms with Crippen LogP contribution >= 0.6 is 11.6 Å². The zero-order valence-corrected chi connectivity index (χ0v) is 21.7. The predicted molar refractivity (Wildman–Crippen MR) is 132 cm³/mol. The van der Waals surface area contributed by atoms with E-state index >= 15 is 0 Å². The number of nitrogens with one attached hydrogen (secondary N) is 1. The Bertz CT molecular complexity index is 1320. The molecule has 1 amide bonds. The molecule has 1 fully saturated rings. The Balaban J connectivity index is 1.64. The maximum atomic E-state index is 14.8. The molecule has 1 aromatic carbocycles. The molecule has 2 N–H and O–H groups in total. The summed E-state index contributed by atoms with van der Waals surface area (Å²) in [6.45, 7) is 6.04. The third kappa shape index (κ3) is 5.69. The Morgan fingerprint density at radius 1 is 1.16 bits per heavy atom. The number of rotatable bonds is 9. The lowest BCUT2D eigenvalue weighted by molar-refractivity contribution is -0.137. The molecular formula is C26H28ClF2N3O5. The smallest absolute Gasteiger partial charge is 0.312 e. The van der Waals surface area contributed by atoms with Crippen LogP contribution in [0.5, 0.6) is 0 Å². The van der Waals surface area contributed by atoms with Crippen LogP contribution in [0.3, 0.4) is 0 Å². The number of carbonyl (C=O) groups excluding carboxylic acids is 1. The van der Waals surface area contributed by atoms with Gasteiger partial charge in [0.15, 0.2) is 11.5 Å². The Kier molecular flexibility index (Phi) is 7.16. The van der Waals surface area contributed by atoms with Gasteiger partial charge in [-0.15, -0.1) is 0 Å². The van der Waals surface area contributed by atoms with Crippen molar-refractivity contribution in [2.45, 2.75) is 71.1 Å². The van der Waals surface area contributed by atoms with Gasteiger partial charge in [-0.25, -0.2) is 0 Å². The topological polar surface area (TPSA) is 118 Å². The molecule has 2 heterocycles. The molecule has 0 spiro atoms. The fraction of sp³-hybridized carbons (Fsp3) is 0.462. The molecule has 1 aliphatic carbocycles. The van der Waals surface area contributed by atoms with Gasteiger partial charge in [-0.2, -0.15) is 8.78 Å². The first-order valence-electron chi connectivity index (χ1n) is 11.9. The summed E-state index contributed by atoms with van der Waals surface area (Å²) in [5, 5.41) is 20.5. The van der Waals surface area contributed by atoms with Gasteiger partial charge in [0.1, 0.15) is 0 Å².